The molecule has 2 heterocycles. The lowest BCUT2D eigenvalue weighted by Gasteiger charge is -2.06. The SMILES string of the molecule is N#Cc1c(N)[nH]c2c(cnc3ccc(Cl)cc32)c1=O. The number of hydrogen-bond donors (Lipinski definition) is 2. The third kappa shape index (κ3) is 1.62. The Balaban J connectivity index is 2.61. The smallest absolute Gasteiger partial charge is 0.210 e. The van der Waals surface area contributed by atoms with Gasteiger partial charge in [-0.15, -0.1) is 0 Å². The predicted octanol–water partition coefficient (Wildman–Crippen LogP) is 2.18. The van der Waals surface area contributed by atoms with Gasteiger partial charge in [0.2, 0.25) is 5.43 Å². The molecule has 1 aromatic carbocycles. The van der Waals surface area contributed by atoms with Gasteiger partial charge in [-0.25, -0.2) is 0 Å². The first-order valence-corrected chi connectivity index (χ1v) is 5.79. The lowest BCUT2D eigenvalue weighted by molar-refractivity contribution is 1.34. The largest absolute Gasteiger partial charge is 0.384 e. The number of nitriles is 1. The van der Waals surface area contributed by atoms with E-state index in [1.807, 2.05) is 0 Å². The molecule has 0 fully saturated rings. The summed E-state index contributed by atoms with van der Waals surface area (Å²) in [7, 11) is 0. The number of benzene rings is 1. The monoisotopic (exact) mass is 270 g/mol. The first-order chi connectivity index (χ1) is 9.11. The predicted molar refractivity (Wildman–Crippen MR) is 74.0 cm³/mol. The van der Waals surface area contributed by atoms with E-state index in [0.717, 1.165) is 0 Å². The van der Waals surface area contributed by atoms with Gasteiger partial charge in [0.1, 0.15) is 17.5 Å². The number of halogens is 1. The molecule has 3 aromatic rings. The molecule has 0 atom stereocenters. The van der Waals surface area contributed by atoms with Crippen molar-refractivity contribution in [2.45, 2.75) is 0 Å². The quantitative estimate of drug-likeness (QED) is 0.612. The molecule has 0 saturated heterocycles. The second kappa shape index (κ2) is 3.97. The van der Waals surface area contributed by atoms with Crippen molar-refractivity contribution in [3.8, 4) is 6.07 Å². The Morgan fingerprint density at radius 1 is 1.37 bits per heavy atom. The van der Waals surface area contributed by atoms with Crippen LogP contribution in [0.1, 0.15) is 5.56 Å². The van der Waals surface area contributed by atoms with Crippen LogP contribution in [0.25, 0.3) is 21.8 Å². The van der Waals surface area contributed by atoms with Crippen LogP contribution in [0, 0.1) is 11.3 Å². The molecule has 0 aliphatic carbocycles. The number of aromatic nitrogens is 2. The van der Waals surface area contributed by atoms with E-state index in [9.17, 15) is 4.79 Å². The van der Waals surface area contributed by atoms with E-state index in [0.29, 0.717) is 26.8 Å². The Hall–Kier alpha value is -2.58. The van der Waals surface area contributed by atoms with Crippen molar-refractivity contribution in [3.05, 3.63) is 45.2 Å². The van der Waals surface area contributed by atoms with Gasteiger partial charge >= 0.3 is 0 Å². The zero-order chi connectivity index (χ0) is 13.6. The summed E-state index contributed by atoms with van der Waals surface area (Å²) in [6, 6.07) is 6.96. The summed E-state index contributed by atoms with van der Waals surface area (Å²) in [5.41, 5.74) is 6.39. The lowest BCUT2D eigenvalue weighted by Crippen LogP contribution is -2.12. The highest BCUT2D eigenvalue weighted by Crippen LogP contribution is 2.24. The van der Waals surface area contributed by atoms with E-state index in [2.05, 4.69) is 9.97 Å². The van der Waals surface area contributed by atoms with Gasteiger partial charge < -0.3 is 10.7 Å². The maximum Gasteiger partial charge on any atom is 0.210 e. The molecule has 6 heteroatoms. The molecule has 3 rings (SSSR count). The Bertz CT molecular complexity index is 924. The maximum atomic E-state index is 12.1. The van der Waals surface area contributed by atoms with Crippen LogP contribution in [0.4, 0.5) is 5.82 Å². The summed E-state index contributed by atoms with van der Waals surface area (Å²) in [6.45, 7) is 0. The molecule has 0 amide bonds. The van der Waals surface area contributed by atoms with Crippen molar-refractivity contribution in [1.29, 1.82) is 5.26 Å². The van der Waals surface area contributed by atoms with Gasteiger partial charge in [0.05, 0.1) is 16.4 Å². The number of nitrogens with one attached hydrogen (secondary N) is 1. The topological polar surface area (TPSA) is 95.6 Å². The molecule has 0 spiro atoms. The molecule has 0 aliphatic heterocycles. The van der Waals surface area contributed by atoms with Gasteiger partial charge in [-0.1, -0.05) is 11.6 Å². The number of nitrogens with zero attached hydrogens (tertiary/aromatic N) is 2. The summed E-state index contributed by atoms with van der Waals surface area (Å²) in [5.74, 6) is 0.0486. The molecule has 2 aromatic heterocycles. The molecular formula is C13H7ClN4O. The number of rotatable bonds is 0. The fourth-order valence-electron chi connectivity index (χ4n) is 2.04. The van der Waals surface area contributed by atoms with Crippen molar-refractivity contribution in [3.63, 3.8) is 0 Å². The van der Waals surface area contributed by atoms with Crippen LogP contribution in [-0.2, 0) is 0 Å². The standard InChI is InChI=1S/C13H7ClN4O/c14-6-1-2-10-7(3-6)11-9(5-17-10)12(19)8(4-15)13(16)18-11/h1-3,5H,(H3,16,18,19). The minimum atomic E-state index is -0.428. The number of fused-ring (bicyclic) bond motifs is 3. The number of anilines is 1. The summed E-state index contributed by atoms with van der Waals surface area (Å²) in [6.07, 6.45) is 1.44. The van der Waals surface area contributed by atoms with Crippen molar-refractivity contribution < 1.29 is 0 Å². The maximum absolute atomic E-state index is 12.1. The second-order valence-electron chi connectivity index (χ2n) is 4.06. The zero-order valence-electron chi connectivity index (χ0n) is 9.57. The van der Waals surface area contributed by atoms with Gasteiger partial charge in [-0.3, -0.25) is 9.78 Å². The molecule has 19 heavy (non-hydrogen) atoms. The molecule has 5 nitrogen and oxygen atoms in total. The second-order valence-corrected chi connectivity index (χ2v) is 4.50. The first kappa shape index (κ1) is 11.5. The highest BCUT2D eigenvalue weighted by molar-refractivity contribution is 6.31. The fraction of sp³-hybridized carbons (Fsp3) is 0. The Labute approximate surface area is 112 Å². The molecule has 0 saturated carbocycles. The van der Waals surface area contributed by atoms with E-state index < -0.39 is 5.43 Å². The highest BCUT2D eigenvalue weighted by Gasteiger charge is 2.12. The number of nitrogen functional groups attached to an aromatic ring is 1. The van der Waals surface area contributed by atoms with Crippen LogP contribution in [-0.4, -0.2) is 9.97 Å². The summed E-state index contributed by atoms with van der Waals surface area (Å²) in [5, 5.41) is 10.5. The van der Waals surface area contributed by atoms with Crippen LogP contribution < -0.4 is 11.2 Å². The summed E-state index contributed by atoms with van der Waals surface area (Å²) in [4.78, 5) is 19.2. The van der Waals surface area contributed by atoms with E-state index >= 15 is 0 Å². The van der Waals surface area contributed by atoms with Crippen LogP contribution in [0.3, 0.4) is 0 Å². The third-order valence-corrected chi connectivity index (χ3v) is 3.18. The third-order valence-electron chi connectivity index (χ3n) is 2.94. The van der Waals surface area contributed by atoms with E-state index in [1.54, 1.807) is 24.3 Å². The minimum Gasteiger partial charge on any atom is -0.384 e. The summed E-state index contributed by atoms with van der Waals surface area (Å²) < 4.78 is 0. The van der Waals surface area contributed by atoms with Gasteiger partial charge in [0, 0.05) is 16.6 Å². The van der Waals surface area contributed by atoms with E-state index in [4.69, 9.17) is 22.6 Å². The number of hydrogen-bond acceptors (Lipinski definition) is 4. The number of aromatic amines is 1. The molecule has 3 N–H and O–H groups in total. The van der Waals surface area contributed by atoms with E-state index in [1.165, 1.54) is 6.20 Å². The van der Waals surface area contributed by atoms with Crippen LogP contribution >= 0.6 is 11.6 Å². The van der Waals surface area contributed by atoms with Crippen LogP contribution in [0.5, 0.6) is 0 Å². The fourth-order valence-corrected chi connectivity index (χ4v) is 2.21. The van der Waals surface area contributed by atoms with Crippen molar-refractivity contribution in [2.24, 2.45) is 0 Å². The average Bonchev–Trinajstić information content (AvgIpc) is 2.39. The van der Waals surface area contributed by atoms with Gasteiger partial charge in [-0.2, -0.15) is 5.26 Å². The molecule has 0 bridgehead atoms. The number of H-pyrrole nitrogens is 1. The average molecular weight is 271 g/mol. The van der Waals surface area contributed by atoms with Gasteiger partial charge in [0.15, 0.2) is 0 Å². The van der Waals surface area contributed by atoms with Crippen molar-refractivity contribution >= 4 is 39.2 Å². The molecule has 0 aliphatic rings. The molecule has 0 radical (unpaired) electrons. The lowest BCUT2D eigenvalue weighted by atomic mass is 10.1. The minimum absolute atomic E-state index is 0.0486. The van der Waals surface area contributed by atoms with Crippen LogP contribution in [0.15, 0.2) is 29.2 Å². The molecular weight excluding hydrogens is 264 g/mol. The number of nitrogens with two attached hydrogens (primary N) is 1. The Kier molecular flexibility index (Phi) is 2.40. The normalized spacial score (nSPS) is 10.7. The molecule has 0 unspecified atom stereocenters. The van der Waals surface area contributed by atoms with Gasteiger partial charge in [0.25, 0.3) is 0 Å². The highest BCUT2D eigenvalue weighted by atomic mass is 35.5. The van der Waals surface area contributed by atoms with Crippen molar-refractivity contribution in [1.82, 2.24) is 9.97 Å². The first-order valence-electron chi connectivity index (χ1n) is 5.41. The summed E-state index contributed by atoms with van der Waals surface area (Å²) >= 11 is 5.95. The molecule has 92 valence electrons. The van der Waals surface area contributed by atoms with Gasteiger partial charge in [-0.05, 0) is 18.2 Å². The van der Waals surface area contributed by atoms with Crippen LogP contribution in [0.2, 0.25) is 5.02 Å². The Morgan fingerprint density at radius 3 is 2.89 bits per heavy atom. The Morgan fingerprint density at radius 2 is 2.16 bits per heavy atom. The van der Waals surface area contributed by atoms with E-state index in [-0.39, 0.29) is 11.4 Å². The number of pyridine rings is 2. The zero-order valence-corrected chi connectivity index (χ0v) is 10.3. The van der Waals surface area contributed by atoms with Crippen molar-refractivity contribution in [2.75, 3.05) is 5.73 Å².